The number of hydrogen-bond acceptors (Lipinski definition) is 4. The zero-order chi connectivity index (χ0) is 17.4. The molecule has 0 aliphatic heterocycles. The van der Waals surface area contributed by atoms with Gasteiger partial charge in [0.05, 0.1) is 10.2 Å². The average molecular weight is 364 g/mol. The Bertz CT molecular complexity index is 1050. The largest absolute Gasteiger partial charge is 0.313 e. The number of para-hydroxylation sites is 1. The molecule has 2 aromatic carbocycles. The number of nitrogens with zero attached hydrogens (tertiary/aromatic N) is 1. The summed E-state index contributed by atoms with van der Waals surface area (Å²) < 4.78 is 1.15. The summed E-state index contributed by atoms with van der Waals surface area (Å²) in [6.07, 6.45) is 0. The molecule has 3 nitrogen and oxygen atoms in total. The highest BCUT2D eigenvalue weighted by Gasteiger charge is 2.16. The highest BCUT2D eigenvalue weighted by atomic mass is 32.1. The number of carbonyl (C=O) groups excluding carboxylic acids is 1. The number of amides is 1. The molecule has 0 radical (unpaired) electrons. The number of aromatic nitrogens is 1. The molecule has 0 fully saturated rings. The summed E-state index contributed by atoms with van der Waals surface area (Å²) >= 11 is 3.16. The smallest absolute Gasteiger partial charge is 0.256 e. The molecule has 2 aromatic heterocycles. The van der Waals surface area contributed by atoms with Gasteiger partial charge in [-0.1, -0.05) is 29.8 Å². The molecule has 25 heavy (non-hydrogen) atoms. The lowest BCUT2D eigenvalue weighted by Gasteiger charge is -2.08. The third-order valence-electron chi connectivity index (χ3n) is 4.05. The van der Waals surface area contributed by atoms with Crippen molar-refractivity contribution >= 4 is 43.8 Å². The Balaban J connectivity index is 1.68. The molecule has 0 bridgehead atoms. The molecule has 1 N–H and O–H groups in total. The van der Waals surface area contributed by atoms with Crippen LogP contribution in [0, 0.1) is 13.8 Å². The van der Waals surface area contributed by atoms with Gasteiger partial charge in [-0.15, -0.1) is 22.7 Å². The van der Waals surface area contributed by atoms with Crippen molar-refractivity contribution in [1.29, 1.82) is 0 Å². The number of rotatable bonds is 3. The first-order chi connectivity index (χ1) is 12.1. The molecular formula is C20H16N2OS2. The van der Waals surface area contributed by atoms with Gasteiger partial charge in [-0.3, -0.25) is 4.79 Å². The van der Waals surface area contributed by atoms with E-state index in [1.54, 1.807) is 11.3 Å². The fraction of sp³-hybridized carbons (Fsp3) is 0.100. The van der Waals surface area contributed by atoms with Crippen molar-refractivity contribution in [3.05, 3.63) is 70.6 Å². The molecule has 4 rings (SSSR count). The van der Waals surface area contributed by atoms with Gasteiger partial charge >= 0.3 is 0 Å². The number of thiazole rings is 1. The van der Waals surface area contributed by atoms with E-state index in [-0.39, 0.29) is 5.91 Å². The van der Waals surface area contributed by atoms with E-state index < -0.39 is 0 Å². The van der Waals surface area contributed by atoms with Crippen LogP contribution in [0.15, 0.2) is 53.9 Å². The van der Waals surface area contributed by atoms with Gasteiger partial charge in [0.25, 0.3) is 5.91 Å². The third kappa shape index (κ3) is 3.08. The number of anilines is 1. The normalized spacial score (nSPS) is 11.0. The summed E-state index contributed by atoms with van der Waals surface area (Å²) in [6.45, 7) is 3.95. The van der Waals surface area contributed by atoms with Crippen LogP contribution in [-0.4, -0.2) is 10.9 Å². The second-order valence-electron chi connectivity index (χ2n) is 5.92. The zero-order valence-electron chi connectivity index (χ0n) is 13.9. The van der Waals surface area contributed by atoms with E-state index in [0.717, 1.165) is 36.9 Å². The quantitative estimate of drug-likeness (QED) is 0.492. The van der Waals surface area contributed by atoms with Crippen LogP contribution in [0.5, 0.6) is 0 Å². The van der Waals surface area contributed by atoms with E-state index in [9.17, 15) is 4.79 Å². The Labute approximate surface area is 154 Å². The van der Waals surface area contributed by atoms with Crippen LogP contribution in [0.4, 0.5) is 5.00 Å². The van der Waals surface area contributed by atoms with Gasteiger partial charge in [0.1, 0.15) is 10.0 Å². The zero-order valence-corrected chi connectivity index (χ0v) is 15.5. The maximum atomic E-state index is 12.7. The fourth-order valence-corrected chi connectivity index (χ4v) is 4.56. The SMILES string of the molecule is Cc1ccc(C)c(C(=O)Nc2sccc2-c2nc3ccccc3s2)c1. The minimum absolute atomic E-state index is 0.0778. The van der Waals surface area contributed by atoms with E-state index in [4.69, 9.17) is 4.98 Å². The molecule has 0 aliphatic carbocycles. The van der Waals surface area contributed by atoms with E-state index >= 15 is 0 Å². The van der Waals surface area contributed by atoms with Gasteiger partial charge in [0.15, 0.2) is 0 Å². The van der Waals surface area contributed by atoms with Crippen LogP contribution < -0.4 is 5.32 Å². The van der Waals surface area contributed by atoms with Crippen molar-refractivity contribution in [3.8, 4) is 10.6 Å². The molecule has 0 unspecified atom stereocenters. The van der Waals surface area contributed by atoms with Gasteiger partial charge < -0.3 is 5.32 Å². The maximum absolute atomic E-state index is 12.7. The number of hydrogen-bond donors (Lipinski definition) is 1. The first-order valence-electron chi connectivity index (χ1n) is 7.94. The van der Waals surface area contributed by atoms with Crippen LogP contribution in [0.3, 0.4) is 0 Å². The van der Waals surface area contributed by atoms with Crippen molar-refractivity contribution in [2.45, 2.75) is 13.8 Å². The molecule has 0 saturated heterocycles. The van der Waals surface area contributed by atoms with Crippen molar-refractivity contribution in [2.24, 2.45) is 0 Å². The summed E-state index contributed by atoms with van der Waals surface area (Å²) in [6, 6.07) is 16.0. The number of thiophene rings is 1. The average Bonchev–Trinajstić information content (AvgIpc) is 3.22. The molecule has 0 aliphatic rings. The Morgan fingerprint density at radius 1 is 1.08 bits per heavy atom. The number of carbonyl (C=O) groups is 1. The Hall–Kier alpha value is -2.50. The fourth-order valence-electron chi connectivity index (χ4n) is 2.71. The highest BCUT2D eigenvalue weighted by Crippen LogP contribution is 2.37. The Morgan fingerprint density at radius 2 is 1.92 bits per heavy atom. The summed E-state index contributed by atoms with van der Waals surface area (Å²) in [7, 11) is 0. The van der Waals surface area contributed by atoms with Crippen LogP contribution >= 0.6 is 22.7 Å². The maximum Gasteiger partial charge on any atom is 0.256 e. The first kappa shape index (κ1) is 16.0. The Kier molecular flexibility index (Phi) is 4.11. The lowest BCUT2D eigenvalue weighted by atomic mass is 10.1. The second-order valence-corrected chi connectivity index (χ2v) is 7.87. The lowest BCUT2D eigenvalue weighted by molar-refractivity contribution is 0.102. The molecule has 124 valence electrons. The molecule has 4 aromatic rings. The number of fused-ring (bicyclic) bond motifs is 1. The number of benzene rings is 2. The lowest BCUT2D eigenvalue weighted by Crippen LogP contribution is -2.13. The molecule has 0 spiro atoms. The van der Waals surface area contributed by atoms with Crippen LogP contribution in [0.1, 0.15) is 21.5 Å². The summed E-state index contributed by atoms with van der Waals surface area (Å²) in [5.74, 6) is -0.0778. The number of nitrogens with one attached hydrogen (secondary N) is 1. The predicted molar refractivity (Wildman–Crippen MR) is 107 cm³/mol. The molecule has 1 amide bonds. The molecule has 2 heterocycles. The van der Waals surface area contributed by atoms with E-state index in [0.29, 0.717) is 5.56 Å². The summed E-state index contributed by atoms with van der Waals surface area (Å²) in [4.78, 5) is 17.4. The molecule has 0 saturated carbocycles. The summed E-state index contributed by atoms with van der Waals surface area (Å²) in [5, 5.41) is 6.82. The van der Waals surface area contributed by atoms with E-state index in [1.807, 2.05) is 61.7 Å². The molecule has 5 heteroatoms. The van der Waals surface area contributed by atoms with Crippen molar-refractivity contribution in [1.82, 2.24) is 4.98 Å². The first-order valence-corrected chi connectivity index (χ1v) is 9.63. The van der Waals surface area contributed by atoms with E-state index in [2.05, 4.69) is 11.4 Å². The van der Waals surface area contributed by atoms with Crippen LogP contribution in [0.25, 0.3) is 20.8 Å². The van der Waals surface area contributed by atoms with Crippen LogP contribution in [0.2, 0.25) is 0 Å². The topological polar surface area (TPSA) is 42.0 Å². The third-order valence-corrected chi connectivity index (χ3v) is 5.95. The van der Waals surface area contributed by atoms with E-state index in [1.165, 1.54) is 11.3 Å². The van der Waals surface area contributed by atoms with Gasteiger partial charge in [0, 0.05) is 11.1 Å². The highest BCUT2D eigenvalue weighted by molar-refractivity contribution is 7.22. The minimum Gasteiger partial charge on any atom is -0.313 e. The van der Waals surface area contributed by atoms with Crippen molar-refractivity contribution in [2.75, 3.05) is 5.32 Å². The van der Waals surface area contributed by atoms with Gasteiger partial charge in [0.2, 0.25) is 0 Å². The standard InChI is InChI=1S/C20H16N2OS2/c1-12-7-8-13(2)15(11-12)18(23)22-19-14(9-10-24-19)20-21-16-5-3-4-6-17(16)25-20/h3-11H,1-2H3,(H,22,23). The molecular weight excluding hydrogens is 348 g/mol. The molecule has 0 atom stereocenters. The van der Waals surface area contributed by atoms with Crippen LogP contribution in [-0.2, 0) is 0 Å². The van der Waals surface area contributed by atoms with Gasteiger partial charge in [-0.05, 0) is 49.1 Å². The predicted octanol–water partition coefficient (Wildman–Crippen LogP) is 5.89. The van der Waals surface area contributed by atoms with Crippen molar-refractivity contribution < 1.29 is 4.79 Å². The number of aryl methyl sites for hydroxylation is 2. The van der Waals surface area contributed by atoms with Gasteiger partial charge in [-0.2, -0.15) is 0 Å². The second kappa shape index (κ2) is 6.43. The Morgan fingerprint density at radius 3 is 2.76 bits per heavy atom. The summed E-state index contributed by atoms with van der Waals surface area (Å²) in [5.41, 5.74) is 4.73. The minimum atomic E-state index is -0.0778. The van der Waals surface area contributed by atoms with Gasteiger partial charge in [-0.25, -0.2) is 4.98 Å². The monoisotopic (exact) mass is 364 g/mol. The van der Waals surface area contributed by atoms with Crippen molar-refractivity contribution in [3.63, 3.8) is 0 Å².